The van der Waals surface area contributed by atoms with Crippen molar-refractivity contribution in [2.45, 2.75) is 0 Å². The topological polar surface area (TPSA) is 172 Å². The van der Waals surface area contributed by atoms with E-state index >= 15 is 0 Å². The van der Waals surface area contributed by atoms with E-state index in [9.17, 15) is 19.2 Å². The summed E-state index contributed by atoms with van der Waals surface area (Å²) in [5.74, 6) is 0.901. The van der Waals surface area contributed by atoms with E-state index in [1.54, 1.807) is 121 Å². The molecule has 0 aliphatic heterocycles. The number of para-hydroxylation sites is 4. The van der Waals surface area contributed by atoms with Crippen LogP contribution in [0, 0.1) is 0 Å². The summed E-state index contributed by atoms with van der Waals surface area (Å²) in [6.45, 7) is 0. The van der Waals surface area contributed by atoms with Crippen molar-refractivity contribution in [1.29, 1.82) is 0 Å². The largest absolute Gasteiger partial charge is 0.403 e. The second-order valence-corrected chi connectivity index (χ2v) is 12.4. The van der Waals surface area contributed by atoms with E-state index in [1.165, 1.54) is 0 Å². The van der Waals surface area contributed by atoms with Gasteiger partial charge in [-0.2, -0.15) is 0 Å². The zero-order chi connectivity index (χ0) is 38.2. The SMILES string of the molecule is O=c1oc(-c2ccc(-c3nc4ccccc4c(=O)o3)cc2)nc2ccccc12.O=c1oc(-c2ccc(-c3nc4ccccc4c(=O)o3)cc2)nc2ccccc12. The number of fused-ring (bicyclic) bond motifs is 4. The van der Waals surface area contributed by atoms with Crippen molar-refractivity contribution in [3.8, 4) is 45.8 Å². The third-order valence-corrected chi connectivity index (χ3v) is 8.90. The average Bonchev–Trinajstić information content (AvgIpc) is 3.24. The van der Waals surface area contributed by atoms with Crippen LogP contribution >= 0.6 is 0 Å². The first-order chi connectivity index (χ1) is 27.4. The minimum absolute atomic E-state index is 0.225. The maximum Gasteiger partial charge on any atom is 0.347 e. The van der Waals surface area contributed by atoms with Gasteiger partial charge in [0.2, 0.25) is 23.6 Å². The Bertz CT molecular complexity index is 2900. The second kappa shape index (κ2) is 14.0. The van der Waals surface area contributed by atoms with Gasteiger partial charge in [-0.15, -0.1) is 0 Å². The van der Waals surface area contributed by atoms with Crippen LogP contribution < -0.4 is 22.5 Å². The lowest BCUT2D eigenvalue weighted by atomic mass is 10.1. The van der Waals surface area contributed by atoms with E-state index in [4.69, 9.17) is 17.7 Å². The fourth-order valence-corrected chi connectivity index (χ4v) is 6.08. The van der Waals surface area contributed by atoms with Crippen LogP contribution in [0.3, 0.4) is 0 Å². The van der Waals surface area contributed by atoms with Gasteiger partial charge >= 0.3 is 22.5 Å². The maximum absolute atomic E-state index is 12.2. The van der Waals surface area contributed by atoms with E-state index in [1.807, 2.05) is 24.3 Å². The monoisotopic (exact) mass is 736 g/mol. The van der Waals surface area contributed by atoms with Crippen LogP contribution in [0.15, 0.2) is 182 Å². The van der Waals surface area contributed by atoms with Gasteiger partial charge in [-0.25, -0.2) is 39.1 Å². The summed E-state index contributed by atoms with van der Waals surface area (Å²) in [6, 6.07) is 42.0. The molecule has 6 aromatic carbocycles. The molecule has 10 rings (SSSR count). The molecule has 0 spiro atoms. The minimum atomic E-state index is -0.438. The lowest BCUT2D eigenvalue weighted by Gasteiger charge is -2.04. The lowest BCUT2D eigenvalue weighted by molar-refractivity contribution is 0.516. The number of hydrogen-bond acceptors (Lipinski definition) is 12. The Kier molecular flexibility index (Phi) is 8.44. The summed E-state index contributed by atoms with van der Waals surface area (Å²) >= 11 is 0. The third kappa shape index (κ3) is 6.43. The summed E-state index contributed by atoms with van der Waals surface area (Å²) < 4.78 is 21.4. The number of hydrogen-bond donors (Lipinski definition) is 0. The first-order valence-electron chi connectivity index (χ1n) is 17.2. The molecule has 0 bridgehead atoms. The summed E-state index contributed by atoms with van der Waals surface area (Å²) in [6.07, 6.45) is 0. The normalized spacial score (nSPS) is 11.1. The smallest absolute Gasteiger partial charge is 0.347 e. The van der Waals surface area contributed by atoms with Gasteiger partial charge in [0.15, 0.2) is 0 Å². The molecular formula is C44H24N4O8. The van der Waals surface area contributed by atoms with E-state index in [2.05, 4.69) is 19.9 Å². The number of aromatic nitrogens is 4. The molecule has 56 heavy (non-hydrogen) atoms. The third-order valence-electron chi connectivity index (χ3n) is 8.90. The van der Waals surface area contributed by atoms with Gasteiger partial charge in [-0.05, 0) is 97.1 Å². The Morgan fingerprint density at radius 2 is 0.464 bits per heavy atom. The van der Waals surface area contributed by atoms with Gasteiger partial charge in [0, 0.05) is 22.3 Å². The molecule has 0 aliphatic carbocycles. The van der Waals surface area contributed by atoms with Crippen molar-refractivity contribution in [3.05, 3.63) is 187 Å². The molecule has 268 valence electrons. The summed E-state index contributed by atoms with van der Waals surface area (Å²) in [5.41, 5.74) is 3.06. The van der Waals surface area contributed by atoms with Gasteiger partial charge in [-0.3, -0.25) is 0 Å². The molecule has 0 unspecified atom stereocenters. The van der Waals surface area contributed by atoms with Crippen molar-refractivity contribution < 1.29 is 17.7 Å². The molecule has 0 saturated heterocycles. The molecule has 4 heterocycles. The van der Waals surface area contributed by atoms with Gasteiger partial charge < -0.3 is 17.7 Å². The van der Waals surface area contributed by atoms with Crippen molar-refractivity contribution >= 4 is 43.6 Å². The molecule has 10 aromatic rings. The highest BCUT2D eigenvalue weighted by Crippen LogP contribution is 2.26. The number of nitrogens with zero attached hydrogens (tertiary/aromatic N) is 4. The fraction of sp³-hybridized carbons (Fsp3) is 0. The second-order valence-electron chi connectivity index (χ2n) is 12.4. The molecule has 0 aliphatic rings. The van der Waals surface area contributed by atoms with Crippen LogP contribution in [0.5, 0.6) is 0 Å². The van der Waals surface area contributed by atoms with E-state index in [-0.39, 0.29) is 23.6 Å². The van der Waals surface area contributed by atoms with Crippen molar-refractivity contribution in [1.82, 2.24) is 19.9 Å². The Labute approximate surface area is 313 Å². The van der Waals surface area contributed by atoms with Crippen LogP contribution in [0.2, 0.25) is 0 Å². The fourth-order valence-electron chi connectivity index (χ4n) is 6.08. The molecule has 0 N–H and O–H groups in total. The van der Waals surface area contributed by atoms with Crippen molar-refractivity contribution in [2.24, 2.45) is 0 Å². The zero-order valence-electron chi connectivity index (χ0n) is 28.9. The van der Waals surface area contributed by atoms with E-state index < -0.39 is 22.5 Å². The summed E-state index contributed by atoms with van der Waals surface area (Å²) in [4.78, 5) is 66.3. The summed E-state index contributed by atoms with van der Waals surface area (Å²) in [5, 5.41) is 1.74. The highest BCUT2D eigenvalue weighted by atomic mass is 16.4. The predicted octanol–water partition coefficient (Wildman–Crippen LogP) is 8.05. The molecule has 12 heteroatoms. The Morgan fingerprint density at radius 1 is 0.268 bits per heavy atom. The van der Waals surface area contributed by atoms with Crippen LogP contribution in [0.1, 0.15) is 0 Å². The highest BCUT2D eigenvalue weighted by molar-refractivity contribution is 5.81. The molecule has 0 radical (unpaired) electrons. The lowest BCUT2D eigenvalue weighted by Crippen LogP contribution is -2.03. The molecular weight excluding hydrogens is 713 g/mol. The Hall–Kier alpha value is -8.12. The Morgan fingerprint density at radius 3 is 0.679 bits per heavy atom. The first kappa shape index (κ1) is 33.7. The maximum atomic E-state index is 12.2. The van der Waals surface area contributed by atoms with Crippen molar-refractivity contribution in [2.75, 3.05) is 0 Å². The molecule has 0 atom stereocenters. The molecule has 0 saturated carbocycles. The van der Waals surface area contributed by atoms with Crippen LogP contribution in [0.25, 0.3) is 89.4 Å². The van der Waals surface area contributed by atoms with E-state index in [0.29, 0.717) is 65.9 Å². The van der Waals surface area contributed by atoms with Crippen LogP contribution in [0.4, 0.5) is 0 Å². The molecule has 0 fully saturated rings. The number of benzene rings is 6. The molecule has 0 amide bonds. The standard InChI is InChI=1S/2C22H12N2O4/c2*25-21-15-5-1-3-7-17(15)23-19(27-21)13-9-11-14(12-10-13)20-24-18-8-4-2-6-16(18)22(26)28-20/h2*1-12H. The van der Waals surface area contributed by atoms with Crippen LogP contribution in [-0.4, -0.2) is 19.9 Å². The van der Waals surface area contributed by atoms with Gasteiger partial charge in [0.05, 0.1) is 43.6 Å². The molecule has 4 aromatic heterocycles. The van der Waals surface area contributed by atoms with Crippen LogP contribution in [-0.2, 0) is 0 Å². The quantitative estimate of drug-likeness (QED) is 0.170. The first-order valence-corrected chi connectivity index (χ1v) is 17.2. The van der Waals surface area contributed by atoms with Gasteiger partial charge in [0.1, 0.15) is 0 Å². The van der Waals surface area contributed by atoms with Crippen molar-refractivity contribution in [3.63, 3.8) is 0 Å². The number of rotatable bonds is 4. The summed E-state index contributed by atoms with van der Waals surface area (Å²) in [7, 11) is 0. The Balaban J connectivity index is 0.000000146. The minimum Gasteiger partial charge on any atom is -0.403 e. The zero-order valence-corrected chi connectivity index (χ0v) is 28.9. The highest BCUT2D eigenvalue weighted by Gasteiger charge is 2.13. The van der Waals surface area contributed by atoms with E-state index in [0.717, 1.165) is 0 Å². The average molecular weight is 737 g/mol. The predicted molar refractivity (Wildman–Crippen MR) is 210 cm³/mol. The van der Waals surface area contributed by atoms with Gasteiger partial charge in [0.25, 0.3) is 0 Å². The molecule has 12 nitrogen and oxygen atoms in total. The van der Waals surface area contributed by atoms with Gasteiger partial charge in [-0.1, -0.05) is 48.5 Å².